The molecule has 0 fully saturated rings. The highest BCUT2D eigenvalue weighted by atomic mass is 79.9. The minimum Gasteiger partial charge on any atom is -0.423 e. The van der Waals surface area contributed by atoms with Crippen molar-refractivity contribution < 1.29 is 9.53 Å². The molecule has 3 heteroatoms. The van der Waals surface area contributed by atoms with E-state index in [4.69, 9.17) is 4.74 Å². The maximum Gasteiger partial charge on any atom is 0.336 e. The van der Waals surface area contributed by atoms with Crippen molar-refractivity contribution in [1.29, 1.82) is 0 Å². The lowest BCUT2D eigenvalue weighted by Crippen LogP contribution is -2.07. The second kappa shape index (κ2) is 7.41. The summed E-state index contributed by atoms with van der Waals surface area (Å²) >= 11 is 3.52. The summed E-state index contributed by atoms with van der Waals surface area (Å²) in [5.41, 5.74) is 3.02. The highest BCUT2D eigenvalue weighted by Crippen LogP contribution is 2.32. The third-order valence-electron chi connectivity index (χ3n) is 3.34. The van der Waals surface area contributed by atoms with E-state index in [0.717, 1.165) is 21.2 Å². The van der Waals surface area contributed by atoms with Gasteiger partial charge >= 0.3 is 5.97 Å². The van der Waals surface area contributed by atoms with Crippen molar-refractivity contribution in [1.82, 2.24) is 0 Å². The number of rotatable bonds is 4. The maximum absolute atomic E-state index is 12.0. The minimum atomic E-state index is -0.368. The minimum absolute atomic E-state index is 0.276. The van der Waals surface area contributed by atoms with E-state index in [0.29, 0.717) is 5.75 Å². The zero-order valence-electron chi connectivity index (χ0n) is 13.0. The monoisotopic (exact) mass is 358 g/mol. The number of carbonyl (C=O) groups is 1. The molecule has 0 aliphatic heterocycles. The average molecular weight is 359 g/mol. The molecule has 22 heavy (non-hydrogen) atoms. The van der Waals surface area contributed by atoms with Gasteiger partial charge in [0.05, 0.1) is 0 Å². The highest BCUT2D eigenvalue weighted by molar-refractivity contribution is 9.10. The summed E-state index contributed by atoms with van der Waals surface area (Å²) in [6.07, 6.45) is 3.21. The molecule has 2 nitrogen and oxygen atoms in total. The first-order valence-corrected chi connectivity index (χ1v) is 8.01. The van der Waals surface area contributed by atoms with Crippen LogP contribution in [0.1, 0.15) is 36.5 Å². The van der Waals surface area contributed by atoms with Gasteiger partial charge in [0.1, 0.15) is 5.75 Å². The predicted molar refractivity (Wildman–Crippen MR) is 94.1 cm³/mol. The van der Waals surface area contributed by atoms with Crippen molar-refractivity contribution >= 4 is 28.0 Å². The number of carbonyl (C=O) groups excluding carboxylic acids is 1. The first kappa shape index (κ1) is 16.5. The molecule has 0 unspecified atom stereocenters. The molecule has 0 amide bonds. The van der Waals surface area contributed by atoms with Crippen LogP contribution in [0.25, 0.3) is 6.08 Å². The van der Waals surface area contributed by atoms with Crippen LogP contribution in [0.5, 0.6) is 5.75 Å². The Bertz CT molecular complexity index is 688. The van der Waals surface area contributed by atoms with Crippen molar-refractivity contribution in [2.45, 2.75) is 26.7 Å². The molecule has 2 aromatic rings. The van der Waals surface area contributed by atoms with Crippen molar-refractivity contribution in [2.75, 3.05) is 0 Å². The Morgan fingerprint density at radius 2 is 1.86 bits per heavy atom. The first-order chi connectivity index (χ1) is 10.5. The van der Waals surface area contributed by atoms with Gasteiger partial charge in [-0.15, -0.1) is 0 Å². The first-order valence-electron chi connectivity index (χ1n) is 7.22. The van der Waals surface area contributed by atoms with Gasteiger partial charge in [-0.05, 0) is 47.7 Å². The highest BCUT2D eigenvalue weighted by Gasteiger charge is 2.13. The molecule has 0 heterocycles. The number of hydrogen-bond donors (Lipinski definition) is 0. The Balaban J connectivity index is 2.18. The Morgan fingerprint density at radius 1 is 1.18 bits per heavy atom. The fourth-order valence-corrected chi connectivity index (χ4v) is 2.44. The number of hydrogen-bond acceptors (Lipinski definition) is 2. The van der Waals surface area contributed by atoms with Crippen LogP contribution < -0.4 is 4.74 Å². The molecule has 0 saturated heterocycles. The fraction of sp³-hybridized carbons (Fsp3) is 0.211. The molecule has 0 aromatic heterocycles. The van der Waals surface area contributed by atoms with E-state index in [1.807, 2.05) is 49.4 Å². The fourth-order valence-electron chi connectivity index (χ4n) is 2.08. The zero-order valence-corrected chi connectivity index (χ0v) is 14.6. The van der Waals surface area contributed by atoms with Crippen LogP contribution in [0.3, 0.4) is 0 Å². The van der Waals surface area contributed by atoms with Crippen LogP contribution in [-0.2, 0) is 4.79 Å². The predicted octanol–water partition coefficient (Wildman–Crippen LogP) is 5.50. The number of benzene rings is 2. The summed E-state index contributed by atoms with van der Waals surface area (Å²) in [6.45, 7) is 6.13. The molecule has 2 aromatic carbocycles. The zero-order chi connectivity index (χ0) is 16.1. The molecule has 2 rings (SSSR count). The molecular weight excluding hydrogens is 340 g/mol. The average Bonchev–Trinajstić information content (AvgIpc) is 2.49. The van der Waals surface area contributed by atoms with E-state index < -0.39 is 0 Å². The van der Waals surface area contributed by atoms with Gasteiger partial charge in [-0.3, -0.25) is 0 Å². The van der Waals surface area contributed by atoms with Crippen LogP contribution in [0.4, 0.5) is 0 Å². The summed E-state index contributed by atoms with van der Waals surface area (Å²) in [6, 6.07) is 13.6. The lowest BCUT2D eigenvalue weighted by molar-refractivity contribution is -0.128. The molecule has 0 radical (unpaired) electrons. The number of esters is 1. The summed E-state index contributed by atoms with van der Waals surface area (Å²) in [5.74, 6) is 0.531. The van der Waals surface area contributed by atoms with E-state index in [2.05, 4.69) is 29.8 Å². The van der Waals surface area contributed by atoms with Gasteiger partial charge in [0.25, 0.3) is 0 Å². The van der Waals surface area contributed by atoms with Crippen molar-refractivity contribution in [3.8, 4) is 5.75 Å². The molecule has 0 atom stereocenters. The quantitative estimate of drug-likeness (QED) is 0.409. The van der Waals surface area contributed by atoms with Gasteiger partial charge in [0, 0.05) is 10.5 Å². The molecule has 0 bridgehead atoms. The Hall–Kier alpha value is -1.87. The van der Waals surface area contributed by atoms with Crippen LogP contribution >= 0.6 is 15.9 Å². The SMILES string of the molecule is Cc1cc(OC(=O)C=Cc2ccccc2)c(C(C)C)cc1Br. The Morgan fingerprint density at radius 3 is 2.50 bits per heavy atom. The van der Waals surface area contributed by atoms with E-state index in [1.165, 1.54) is 6.08 Å². The van der Waals surface area contributed by atoms with Gasteiger partial charge in [-0.25, -0.2) is 4.79 Å². The topological polar surface area (TPSA) is 26.3 Å². The third kappa shape index (κ3) is 4.31. The molecule has 0 aliphatic rings. The summed E-state index contributed by atoms with van der Waals surface area (Å²) in [5, 5.41) is 0. The molecule has 114 valence electrons. The van der Waals surface area contributed by atoms with Gasteiger partial charge in [0.2, 0.25) is 0 Å². The second-order valence-corrected chi connectivity index (χ2v) is 6.31. The molecule has 0 spiro atoms. The number of aryl methyl sites for hydroxylation is 1. The molecule has 0 saturated carbocycles. The summed E-state index contributed by atoms with van der Waals surface area (Å²) < 4.78 is 6.54. The number of ether oxygens (including phenoxy) is 1. The second-order valence-electron chi connectivity index (χ2n) is 5.46. The van der Waals surface area contributed by atoms with Gasteiger partial charge in [-0.2, -0.15) is 0 Å². The van der Waals surface area contributed by atoms with Crippen LogP contribution in [0.2, 0.25) is 0 Å². The largest absolute Gasteiger partial charge is 0.423 e. The van der Waals surface area contributed by atoms with Crippen molar-refractivity contribution in [3.05, 3.63) is 69.7 Å². The smallest absolute Gasteiger partial charge is 0.336 e. The van der Waals surface area contributed by atoms with Gasteiger partial charge in [0.15, 0.2) is 0 Å². The van der Waals surface area contributed by atoms with Gasteiger partial charge < -0.3 is 4.74 Å². The van der Waals surface area contributed by atoms with Crippen LogP contribution in [0.15, 0.2) is 53.0 Å². The van der Waals surface area contributed by atoms with E-state index in [-0.39, 0.29) is 11.9 Å². The summed E-state index contributed by atoms with van der Waals surface area (Å²) in [7, 11) is 0. The Labute approximate surface area is 139 Å². The van der Waals surface area contributed by atoms with Gasteiger partial charge in [-0.1, -0.05) is 60.1 Å². The van der Waals surface area contributed by atoms with E-state index in [9.17, 15) is 4.79 Å². The van der Waals surface area contributed by atoms with E-state index >= 15 is 0 Å². The summed E-state index contributed by atoms with van der Waals surface area (Å²) in [4.78, 5) is 12.0. The van der Waals surface area contributed by atoms with Crippen molar-refractivity contribution in [2.24, 2.45) is 0 Å². The number of halogens is 1. The normalized spacial score (nSPS) is 11.1. The van der Waals surface area contributed by atoms with Crippen LogP contribution in [-0.4, -0.2) is 5.97 Å². The molecular formula is C19H19BrO2. The van der Waals surface area contributed by atoms with Crippen molar-refractivity contribution in [3.63, 3.8) is 0 Å². The molecule has 0 N–H and O–H groups in total. The lowest BCUT2D eigenvalue weighted by atomic mass is 10.0. The van der Waals surface area contributed by atoms with E-state index in [1.54, 1.807) is 6.08 Å². The Kier molecular flexibility index (Phi) is 5.56. The third-order valence-corrected chi connectivity index (χ3v) is 4.19. The van der Waals surface area contributed by atoms with Crippen LogP contribution in [0, 0.1) is 6.92 Å². The molecule has 0 aliphatic carbocycles. The standard InChI is InChI=1S/C19H19BrO2/c1-13(2)16-12-17(20)14(3)11-18(16)22-19(21)10-9-15-7-5-4-6-8-15/h4-13H,1-3H3. The maximum atomic E-state index is 12.0. The lowest BCUT2D eigenvalue weighted by Gasteiger charge is -2.14.